The molecular weight excluding hydrogens is 260 g/mol. The Kier molecular flexibility index (Phi) is 3.80. The number of sulfone groups is 1. The van der Waals surface area contributed by atoms with Crippen molar-refractivity contribution in [3.63, 3.8) is 0 Å². The minimum Gasteiger partial charge on any atom is -0.351 e. The van der Waals surface area contributed by atoms with E-state index >= 15 is 0 Å². The summed E-state index contributed by atoms with van der Waals surface area (Å²) in [7, 11) is -2.87. The van der Waals surface area contributed by atoms with Crippen LogP contribution in [0.25, 0.3) is 0 Å². The average Bonchev–Trinajstić information content (AvgIpc) is 2.58. The molecule has 19 heavy (non-hydrogen) atoms. The molecule has 0 bridgehead atoms. The Morgan fingerprint density at radius 2 is 2.16 bits per heavy atom. The van der Waals surface area contributed by atoms with Crippen LogP contribution in [0.3, 0.4) is 0 Å². The Hall–Kier alpha value is -0.810. The van der Waals surface area contributed by atoms with Crippen LogP contribution in [0.15, 0.2) is 12.3 Å². The molecule has 0 fully saturated rings. The van der Waals surface area contributed by atoms with Gasteiger partial charge in [-0.3, -0.25) is 0 Å². The maximum atomic E-state index is 11.2. The molecular formula is C14H24N2O2S. The Labute approximate surface area is 115 Å². The summed E-state index contributed by atoms with van der Waals surface area (Å²) < 4.78 is 24.5. The van der Waals surface area contributed by atoms with Crippen LogP contribution < -0.4 is 5.73 Å². The van der Waals surface area contributed by atoms with Gasteiger partial charge in [0, 0.05) is 30.7 Å². The Bertz CT molecular complexity index is 558. The molecule has 1 aromatic heterocycles. The van der Waals surface area contributed by atoms with Crippen molar-refractivity contribution in [2.75, 3.05) is 12.0 Å². The number of nitrogens with zero attached hydrogens (tertiary/aromatic N) is 1. The SMILES string of the molecule is CC1(C)Cc2c(ccn2CCCS(C)(=O)=O)C(N)C1. The number of hydrogen-bond donors (Lipinski definition) is 1. The molecule has 0 aliphatic heterocycles. The number of aromatic nitrogens is 1. The lowest BCUT2D eigenvalue weighted by Crippen LogP contribution is -2.30. The van der Waals surface area contributed by atoms with E-state index in [4.69, 9.17) is 5.73 Å². The first-order valence-corrected chi connectivity index (χ1v) is 8.85. The number of rotatable bonds is 4. The smallest absolute Gasteiger partial charge is 0.147 e. The molecule has 1 aliphatic rings. The molecule has 0 saturated heterocycles. The standard InChI is InChI=1S/C14H24N2O2S/c1-14(2)9-12(15)11-5-7-16(13(11)10-14)6-4-8-19(3,17)18/h5,7,12H,4,6,8-10,15H2,1-3H3. The van der Waals surface area contributed by atoms with Crippen molar-refractivity contribution in [3.8, 4) is 0 Å². The van der Waals surface area contributed by atoms with Crippen LogP contribution in [-0.2, 0) is 22.8 Å². The average molecular weight is 284 g/mol. The third kappa shape index (κ3) is 3.60. The van der Waals surface area contributed by atoms with Gasteiger partial charge in [0.2, 0.25) is 0 Å². The van der Waals surface area contributed by atoms with Gasteiger partial charge in [-0.15, -0.1) is 0 Å². The van der Waals surface area contributed by atoms with Gasteiger partial charge in [-0.1, -0.05) is 13.8 Å². The fourth-order valence-electron chi connectivity index (χ4n) is 3.00. The highest BCUT2D eigenvalue weighted by atomic mass is 32.2. The molecule has 1 aromatic rings. The van der Waals surface area contributed by atoms with Crippen LogP contribution in [0.1, 0.15) is 44.0 Å². The third-order valence-electron chi connectivity index (χ3n) is 3.85. The summed E-state index contributed by atoms with van der Waals surface area (Å²) in [6, 6.07) is 2.20. The highest BCUT2D eigenvalue weighted by Gasteiger charge is 2.32. The van der Waals surface area contributed by atoms with Gasteiger partial charge in [0.1, 0.15) is 9.84 Å². The van der Waals surface area contributed by atoms with Crippen LogP contribution in [0.5, 0.6) is 0 Å². The molecule has 0 aromatic carbocycles. The van der Waals surface area contributed by atoms with Crippen LogP contribution in [0.4, 0.5) is 0 Å². The summed E-state index contributed by atoms with van der Waals surface area (Å²) in [6.45, 7) is 5.23. The highest BCUT2D eigenvalue weighted by molar-refractivity contribution is 7.90. The molecule has 5 heteroatoms. The second kappa shape index (κ2) is 4.94. The lowest BCUT2D eigenvalue weighted by molar-refractivity contribution is 0.275. The molecule has 4 nitrogen and oxygen atoms in total. The maximum absolute atomic E-state index is 11.2. The minimum absolute atomic E-state index is 0.106. The van der Waals surface area contributed by atoms with Crippen LogP contribution in [0, 0.1) is 5.41 Å². The van der Waals surface area contributed by atoms with Crippen LogP contribution in [0.2, 0.25) is 0 Å². The molecule has 1 heterocycles. The first-order chi connectivity index (χ1) is 8.68. The van der Waals surface area contributed by atoms with Crippen molar-refractivity contribution < 1.29 is 8.42 Å². The van der Waals surface area contributed by atoms with Gasteiger partial charge in [0.15, 0.2) is 0 Å². The summed E-state index contributed by atoms with van der Waals surface area (Å²) in [5, 5.41) is 0. The molecule has 0 radical (unpaired) electrons. The van der Waals surface area contributed by atoms with Crippen LogP contribution >= 0.6 is 0 Å². The lowest BCUT2D eigenvalue weighted by Gasteiger charge is -2.34. The molecule has 0 amide bonds. The zero-order valence-electron chi connectivity index (χ0n) is 12.0. The molecule has 0 saturated carbocycles. The third-order valence-corrected chi connectivity index (χ3v) is 4.88. The van der Waals surface area contributed by atoms with Gasteiger partial charge in [-0.05, 0) is 36.3 Å². The van der Waals surface area contributed by atoms with Gasteiger partial charge >= 0.3 is 0 Å². The molecule has 0 spiro atoms. The Balaban J connectivity index is 2.12. The summed E-state index contributed by atoms with van der Waals surface area (Å²) in [5.74, 6) is 0.245. The molecule has 1 atom stereocenters. The quantitative estimate of drug-likeness (QED) is 0.918. The van der Waals surface area contributed by atoms with E-state index < -0.39 is 9.84 Å². The van der Waals surface area contributed by atoms with Gasteiger partial charge in [-0.2, -0.15) is 0 Å². The number of hydrogen-bond acceptors (Lipinski definition) is 3. The monoisotopic (exact) mass is 284 g/mol. The van der Waals surface area contributed by atoms with E-state index in [9.17, 15) is 8.42 Å². The number of fused-ring (bicyclic) bond motifs is 1. The van der Waals surface area contributed by atoms with E-state index in [-0.39, 0.29) is 17.2 Å². The Morgan fingerprint density at radius 1 is 1.47 bits per heavy atom. The fraction of sp³-hybridized carbons (Fsp3) is 0.714. The van der Waals surface area contributed by atoms with E-state index in [1.165, 1.54) is 17.5 Å². The second-order valence-corrected chi connectivity index (χ2v) is 8.81. The molecule has 108 valence electrons. The summed E-state index contributed by atoms with van der Waals surface area (Å²) >= 11 is 0. The van der Waals surface area contributed by atoms with Gasteiger partial charge in [0.05, 0.1) is 5.75 Å². The largest absolute Gasteiger partial charge is 0.351 e. The second-order valence-electron chi connectivity index (χ2n) is 6.55. The maximum Gasteiger partial charge on any atom is 0.147 e. The fourth-order valence-corrected chi connectivity index (χ4v) is 3.65. The van der Waals surface area contributed by atoms with Crippen LogP contribution in [-0.4, -0.2) is 25.0 Å². The van der Waals surface area contributed by atoms with Crippen molar-refractivity contribution in [1.82, 2.24) is 4.57 Å². The number of aryl methyl sites for hydroxylation is 1. The molecule has 1 unspecified atom stereocenters. The first kappa shape index (κ1) is 14.6. The molecule has 2 rings (SSSR count). The predicted octanol–water partition coefficient (Wildman–Crippen LogP) is 1.90. The predicted molar refractivity (Wildman–Crippen MR) is 77.8 cm³/mol. The van der Waals surface area contributed by atoms with Gasteiger partial charge in [-0.25, -0.2) is 8.42 Å². The lowest BCUT2D eigenvalue weighted by atomic mass is 9.74. The minimum atomic E-state index is -2.87. The van der Waals surface area contributed by atoms with E-state index in [1.807, 2.05) is 6.20 Å². The summed E-state index contributed by atoms with van der Waals surface area (Å²) in [6.07, 6.45) is 6.02. The Morgan fingerprint density at radius 3 is 2.79 bits per heavy atom. The van der Waals surface area contributed by atoms with Crippen molar-refractivity contribution in [2.24, 2.45) is 11.1 Å². The topological polar surface area (TPSA) is 65.1 Å². The van der Waals surface area contributed by atoms with Crippen molar-refractivity contribution in [2.45, 2.75) is 45.7 Å². The molecule has 2 N–H and O–H groups in total. The van der Waals surface area contributed by atoms with E-state index in [1.54, 1.807) is 0 Å². The van der Waals surface area contributed by atoms with Gasteiger partial charge in [0.25, 0.3) is 0 Å². The van der Waals surface area contributed by atoms with E-state index in [0.717, 1.165) is 19.4 Å². The zero-order valence-corrected chi connectivity index (χ0v) is 12.8. The summed E-state index contributed by atoms with van der Waals surface area (Å²) in [4.78, 5) is 0. The van der Waals surface area contributed by atoms with Crippen molar-refractivity contribution >= 4 is 9.84 Å². The zero-order chi connectivity index (χ0) is 14.3. The normalized spacial score (nSPS) is 22.2. The highest BCUT2D eigenvalue weighted by Crippen LogP contribution is 2.39. The summed E-state index contributed by atoms with van der Waals surface area (Å²) in [5.41, 5.74) is 8.97. The molecule has 1 aliphatic carbocycles. The number of nitrogens with two attached hydrogens (primary N) is 1. The van der Waals surface area contributed by atoms with E-state index in [0.29, 0.717) is 6.42 Å². The van der Waals surface area contributed by atoms with Crippen molar-refractivity contribution in [3.05, 3.63) is 23.5 Å². The van der Waals surface area contributed by atoms with Crippen molar-refractivity contribution in [1.29, 1.82) is 0 Å². The van der Waals surface area contributed by atoms with E-state index in [2.05, 4.69) is 24.5 Å². The van der Waals surface area contributed by atoms with Gasteiger partial charge < -0.3 is 10.3 Å². The first-order valence-electron chi connectivity index (χ1n) is 6.79.